The lowest BCUT2D eigenvalue weighted by Gasteiger charge is -2.29. The smallest absolute Gasteiger partial charge is 0.305 e. The van der Waals surface area contributed by atoms with Crippen LogP contribution in [0.3, 0.4) is 0 Å². The lowest BCUT2D eigenvalue weighted by molar-refractivity contribution is -0.143. The van der Waals surface area contributed by atoms with E-state index in [-0.39, 0.29) is 38.0 Å². The first-order chi connectivity index (χ1) is 56.9. The Balaban J connectivity index is 2.52. The number of primary amides is 1. The van der Waals surface area contributed by atoms with Gasteiger partial charge in [-0.15, -0.1) is 0 Å². The molecule has 0 saturated heterocycles. The molecule has 0 radical (unpaired) electrons. The van der Waals surface area contributed by atoms with Crippen molar-refractivity contribution in [2.45, 2.75) is 256 Å². The maximum Gasteiger partial charge on any atom is 0.305 e. The highest BCUT2D eigenvalue weighted by Crippen LogP contribution is 2.16. The van der Waals surface area contributed by atoms with Gasteiger partial charge in [0.15, 0.2) is 0 Å². The first-order valence-corrected chi connectivity index (χ1v) is 38.9. The van der Waals surface area contributed by atoms with Crippen molar-refractivity contribution < 1.29 is 142 Å². The van der Waals surface area contributed by atoms with Crippen LogP contribution >= 0.6 is 0 Å². The summed E-state index contributed by atoms with van der Waals surface area (Å²) in [5.74, 6) is -28.5. The number of carboxylic acid groups (broad SMARTS) is 5. The standard InChI is InChI=1S/C77H114N16O29/c1-35(2)26-47(68(113)79-38(7)65(110)91-55(34-94)63(78)108)90-77(122)62(41(10)96)93-75(120)50(29-43-18-14-12-15-19-43)87-70(115)49(28-37(5)6)85-67(112)46(23-25-57(100)101)82-66(111)45(22-24-56(98)99)83-69(114)48(27-36(3)4)86-73(118)54(33-60(106)107)89-72(117)53(32-59(104)105)84-64(109)39(8)80-76(121)61(40(9)95)92-74(119)51(30-44-20-16-13-17-21-44)88-71(116)52(31-58(102)103)81-42(11)97/h12-21,35-41,45-55,61-62,94-96H,22-34H2,1-11H3,(H2,78,108)(H,79,113)(H,80,121)(H,81,97)(H,82,111)(H,83,114)(H,84,109)(H,85,112)(H,86,118)(H,87,115)(H,88,116)(H,89,117)(H,90,122)(H,91,110)(H,92,119)(H,93,120)(H,98,99)(H,100,101)(H,102,103)(H,104,105)(H,106,107)/t38-,39-,40+,41+,45-,46-,47-,48-,49-,50-,51-,52-,53-,54-,55-,61-,62-/m0/s1. The van der Waals surface area contributed by atoms with Crippen molar-refractivity contribution >= 4 is 124 Å². The molecule has 25 N–H and O–H groups in total. The molecule has 122 heavy (non-hydrogen) atoms. The summed E-state index contributed by atoms with van der Waals surface area (Å²) in [5, 5.41) is 114. The van der Waals surface area contributed by atoms with Crippen molar-refractivity contribution in [2.24, 2.45) is 23.5 Å². The Hall–Kier alpha value is -12.8. The molecule has 45 nitrogen and oxygen atoms in total. The normalized spacial score (nSPS) is 15.3. The quantitative estimate of drug-likeness (QED) is 0.0293. The van der Waals surface area contributed by atoms with Gasteiger partial charge in [-0.2, -0.15) is 0 Å². The Morgan fingerprint density at radius 1 is 0.295 bits per heavy atom. The van der Waals surface area contributed by atoms with Gasteiger partial charge in [0.2, 0.25) is 94.5 Å². The number of nitrogens with one attached hydrogen (secondary N) is 15. The minimum Gasteiger partial charge on any atom is -0.481 e. The first-order valence-electron chi connectivity index (χ1n) is 38.9. The number of aliphatic hydroxyl groups excluding tert-OH is 3. The Bertz CT molecular complexity index is 4000. The number of benzene rings is 2. The van der Waals surface area contributed by atoms with Crippen molar-refractivity contribution in [3.8, 4) is 0 Å². The lowest BCUT2D eigenvalue weighted by Crippen LogP contribution is -2.62. The highest BCUT2D eigenvalue weighted by molar-refractivity contribution is 6.02. The molecule has 2 aromatic rings. The van der Waals surface area contributed by atoms with Crippen LogP contribution in [0.5, 0.6) is 0 Å². The molecule has 676 valence electrons. The van der Waals surface area contributed by atoms with Gasteiger partial charge in [0.1, 0.15) is 90.6 Å². The predicted molar refractivity (Wildman–Crippen MR) is 425 cm³/mol. The summed E-state index contributed by atoms with van der Waals surface area (Å²) in [6.45, 7) is 14.2. The van der Waals surface area contributed by atoms with Crippen LogP contribution < -0.4 is 85.5 Å². The second-order valence-corrected chi connectivity index (χ2v) is 30.3. The summed E-state index contributed by atoms with van der Waals surface area (Å²) in [7, 11) is 0. The van der Waals surface area contributed by atoms with Crippen LogP contribution in [0.2, 0.25) is 0 Å². The van der Waals surface area contributed by atoms with E-state index in [4.69, 9.17) is 5.73 Å². The zero-order chi connectivity index (χ0) is 92.7. The van der Waals surface area contributed by atoms with Gasteiger partial charge in [-0.25, -0.2) is 0 Å². The van der Waals surface area contributed by atoms with Crippen LogP contribution in [0.25, 0.3) is 0 Å². The van der Waals surface area contributed by atoms with Gasteiger partial charge in [-0.05, 0) is 88.7 Å². The van der Waals surface area contributed by atoms with Gasteiger partial charge in [0, 0.05) is 32.6 Å². The Morgan fingerprint density at radius 2 is 0.541 bits per heavy atom. The average Bonchev–Trinajstić information content (AvgIpc) is 0.839. The molecule has 0 bridgehead atoms. The number of carbonyl (C=O) groups is 21. The fourth-order valence-electron chi connectivity index (χ4n) is 11.7. The molecule has 2 aromatic carbocycles. The molecular weight excluding hydrogens is 1610 g/mol. The molecule has 0 aliphatic carbocycles. The second kappa shape index (κ2) is 52.3. The summed E-state index contributed by atoms with van der Waals surface area (Å²) >= 11 is 0. The number of hydrogen-bond donors (Lipinski definition) is 24. The highest BCUT2D eigenvalue weighted by Gasteiger charge is 2.41. The van der Waals surface area contributed by atoms with Crippen LogP contribution in [-0.4, -0.2) is 275 Å². The molecule has 45 heteroatoms. The third kappa shape index (κ3) is 39.4. The molecule has 0 aromatic heterocycles. The van der Waals surface area contributed by atoms with Crippen molar-refractivity contribution in [3.05, 3.63) is 71.8 Å². The minimum absolute atomic E-state index is 0.0730. The van der Waals surface area contributed by atoms with E-state index in [9.17, 15) is 142 Å². The highest BCUT2D eigenvalue weighted by atomic mass is 16.4. The number of carbonyl (C=O) groups excluding carboxylic acids is 16. The number of hydrogen-bond acceptors (Lipinski definition) is 24. The van der Waals surface area contributed by atoms with Crippen LogP contribution in [0.4, 0.5) is 0 Å². The molecule has 2 rings (SSSR count). The zero-order valence-corrected chi connectivity index (χ0v) is 69.2. The van der Waals surface area contributed by atoms with Gasteiger partial charge < -0.3 is 126 Å². The monoisotopic (exact) mass is 1730 g/mol. The number of aliphatic carboxylic acids is 5. The molecule has 17 atom stereocenters. The SMILES string of the molecule is CC(=O)N[C@@H](CC(=O)O)C(=O)N[C@@H](Cc1ccccc1)C(=O)N[C@H](C(=O)N[C@@H](C)C(=O)N[C@@H](CC(=O)O)C(=O)N[C@@H](CC(=O)O)C(=O)N[C@@H](CC(C)C)C(=O)N[C@@H](CCC(=O)O)C(=O)N[C@@H](CCC(=O)O)C(=O)N[C@@H](CC(C)C)C(=O)N[C@@H](Cc1ccccc1)C(=O)N[C@H](C(=O)N[C@@H](CC(C)C)C(=O)N[C@@H](C)C(=O)N[C@@H](CO)C(N)=O)[C@@H](C)O)[C@@H](C)O. The molecule has 0 aliphatic rings. The van der Waals surface area contributed by atoms with Crippen LogP contribution in [0.1, 0.15) is 151 Å². The van der Waals surface area contributed by atoms with Gasteiger partial charge in [-0.1, -0.05) is 102 Å². The molecule has 0 saturated carbocycles. The van der Waals surface area contributed by atoms with Crippen LogP contribution in [0.15, 0.2) is 60.7 Å². The number of amides is 16. The Morgan fingerprint density at radius 3 is 0.836 bits per heavy atom. The number of rotatable bonds is 55. The van der Waals surface area contributed by atoms with E-state index in [2.05, 4.69) is 69.1 Å². The summed E-state index contributed by atoms with van der Waals surface area (Å²) in [6, 6.07) is -11.0. The van der Waals surface area contributed by atoms with Gasteiger partial charge >= 0.3 is 29.8 Å². The lowest BCUT2D eigenvalue weighted by atomic mass is 9.99. The topological polar surface area (TPSA) is 727 Å². The summed E-state index contributed by atoms with van der Waals surface area (Å²) in [4.78, 5) is 280. The zero-order valence-electron chi connectivity index (χ0n) is 69.2. The van der Waals surface area contributed by atoms with Gasteiger partial charge in [0.25, 0.3) is 0 Å². The predicted octanol–water partition coefficient (Wildman–Crippen LogP) is -6.67. The molecule has 0 unspecified atom stereocenters. The van der Waals surface area contributed by atoms with Crippen molar-refractivity contribution in [3.63, 3.8) is 0 Å². The molecular formula is C77H114N16O29. The van der Waals surface area contributed by atoms with E-state index in [1.54, 1.807) is 88.4 Å². The third-order valence-corrected chi connectivity index (χ3v) is 18.0. The summed E-state index contributed by atoms with van der Waals surface area (Å²) in [5.41, 5.74) is 6.04. The third-order valence-electron chi connectivity index (χ3n) is 18.0. The average molecular weight is 1730 g/mol. The summed E-state index contributed by atoms with van der Waals surface area (Å²) in [6.07, 6.45) is -11.7. The Labute approximate surface area is 701 Å². The second-order valence-electron chi connectivity index (χ2n) is 30.3. The molecule has 0 fully saturated rings. The van der Waals surface area contributed by atoms with Crippen molar-refractivity contribution in [1.82, 2.24) is 79.8 Å². The number of nitrogens with two attached hydrogens (primary N) is 1. The molecule has 0 heterocycles. The van der Waals surface area contributed by atoms with Crippen molar-refractivity contribution in [1.29, 1.82) is 0 Å². The molecule has 0 aliphatic heterocycles. The largest absolute Gasteiger partial charge is 0.481 e. The summed E-state index contributed by atoms with van der Waals surface area (Å²) < 4.78 is 0. The Kier molecular flexibility index (Phi) is 45.1. The fraction of sp³-hybridized carbons (Fsp3) is 0.571. The molecule has 0 spiro atoms. The maximum atomic E-state index is 14.6. The minimum atomic E-state index is -2.25. The first kappa shape index (κ1) is 105. The van der Waals surface area contributed by atoms with Gasteiger partial charge in [-0.3, -0.25) is 101 Å². The van der Waals surface area contributed by atoms with E-state index >= 15 is 0 Å². The number of carboxylic acids is 5. The maximum absolute atomic E-state index is 14.6. The molecule has 16 amide bonds. The van der Waals surface area contributed by atoms with E-state index in [1.807, 2.05) is 10.6 Å². The van der Waals surface area contributed by atoms with E-state index in [1.165, 1.54) is 20.8 Å². The van der Waals surface area contributed by atoms with Crippen molar-refractivity contribution in [2.75, 3.05) is 6.61 Å². The van der Waals surface area contributed by atoms with Gasteiger partial charge in [0.05, 0.1) is 38.1 Å². The fourth-order valence-corrected chi connectivity index (χ4v) is 11.7. The number of aliphatic hydroxyl groups is 3. The van der Waals surface area contributed by atoms with E-state index < -0.39 is 291 Å². The van der Waals surface area contributed by atoms with Crippen LogP contribution in [0, 0.1) is 17.8 Å². The van der Waals surface area contributed by atoms with E-state index in [0.717, 1.165) is 27.7 Å². The van der Waals surface area contributed by atoms with Crippen LogP contribution in [-0.2, 0) is 114 Å². The van der Waals surface area contributed by atoms with E-state index in [0.29, 0.717) is 11.1 Å².